The number of imide groups is 1. The van der Waals surface area contributed by atoms with Crippen molar-refractivity contribution >= 4 is 39.1 Å². The molecule has 0 radical (unpaired) electrons. The van der Waals surface area contributed by atoms with Crippen molar-refractivity contribution in [2.24, 2.45) is 0 Å². The molecule has 156 valence electrons. The predicted molar refractivity (Wildman–Crippen MR) is 110 cm³/mol. The van der Waals surface area contributed by atoms with Crippen molar-refractivity contribution in [3.05, 3.63) is 89.2 Å². The summed E-state index contributed by atoms with van der Waals surface area (Å²) in [5.74, 6) is -2.34. The first-order chi connectivity index (χ1) is 14.7. The zero-order valence-electron chi connectivity index (χ0n) is 15.7. The van der Waals surface area contributed by atoms with E-state index in [-0.39, 0.29) is 33.0 Å². The molecule has 0 spiro atoms. The van der Waals surface area contributed by atoms with Crippen LogP contribution in [0.4, 0.5) is 15.8 Å². The van der Waals surface area contributed by atoms with Crippen LogP contribution in [0.1, 0.15) is 31.1 Å². The van der Waals surface area contributed by atoms with Gasteiger partial charge in [-0.15, -0.1) is 0 Å². The Balaban J connectivity index is 1.57. The second-order valence-corrected chi connectivity index (χ2v) is 8.29. The van der Waals surface area contributed by atoms with Crippen LogP contribution in [-0.2, 0) is 10.0 Å². The summed E-state index contributed by atoms with van der Waals surface area (Å²) in [5, 5.41) is 4.73. The lowest BCUT2D eigenvalue weighted by Crippen LogP contribution is -2.21. The summed E-state index contributed by atoms with van der Waals surface area (Å²) < 4.78 is 40.3. The van der Waals surface area contributed by atoms with Gasteiger partial charge in [0.25, 0.3) is 27.7 Å². The molecule has 0 unspecified atom stereocenters. The normalized spacial score (nSPS) is 12.8. The standard InChI is InChI=1S/C21H14FN3O5S/c22-13-7-9-15(10-8-13)31(29,30)25-14-4-1-3-12(11-14)19(26)23-17-6-2-5-16-18(17)21(28)24-20(16)27/h1-11,25H,(H,23,26)(H,24,27,28). The summed E-state index contributed by atoms with van der Waals surface area (Å²) in [4.78, 5) is 36.3. The molecule has 3 aromatic rings. The average Bonchev–Trinajstić information content (AvgIpc) is 3.03. The molecule has 3 N–H and O–H groups in total. The van der Waals surface area contributed by atoms with Gasteiger partial charge in [-0.2, -0.15) is 0 Å². The lowest BCUT2D eigenvalue weighted by molar-refractivity contribution is 0.0879. The summed E-state index contributed by atoms with van der Waals surface area (Å²) >= 11 is 0. The van der Waals surface area contributed by atoms with Crippen LogP contribution >= 0.6 is 0 Å². The van der Waals surface area contributed by atoms with Gasteiger partial charge in [-0.1, -0.05) is 12.1 Å². The Kier molecular flexibility index (Phi) is 4.99. The summed E-state index contributed by atoms with van der Waals surface area (Å²) in [5.41, 5.74) is 0.602. The van der Waals surface area contributed by atoms with Gasteiger partial charge in [0.05, 0.1) is 21.7 Å². The smallest absolute Gasteiger partial charge is 0.261 e. The molecule has 1 aliphatic heterocycles. The highest BCUT2D eigenvalue weighted by Crippen LogP contribution is 2.25. The number of carbonyl (C=O) groups is 3. The molecule has 31 heavy (non-hydrogen) atoms. The van der Waals surface area contributed by atoms with E-state index in [2.05, 4.69) is 15.4 Å². The van der Waals surface area contributed by atoms with Gasteiger partial charge in [0.2, 0.25) is 0 Å². The number of amides is 3. The van der Waals surface area contributed by atoms with Crippen molar-refractivity contribution in [3.8, 4) is 0 Å². The van der Waals surface area contributed by atoms with Gasteiger partial charge in [0.15, 0.2) is 0 Å². The van der Waals surface area contributed by atoms with Crippen molar-refractivity contribution in [3.63, 3.8) is 0 Å². The third-order valence-corrected chi connectivity index (χ3v) is 5.91. The average molecular weight is 439 g/mol. The van der Waals surface area contributed by atoms with Crippen LogP contribution < -0.4 is 15.4 Å². The molecule has 0 aliphatic carbocycles. The van der Waals surface area contributed by atoms with Crippen LogP contribution in [0.2, 0.25) is 0 Å². The third-order valence-electron chi connectivity index (χ3n) is 4.51. The predicted octanol–water partition coefficient (Wildman–Crippen LogP) is 2.76. The van der Waals surface area contributed by atoms with Crippen molar-refractivity contribution in [1.82, 2.24) is 5.32 Å². The van der Waals surface area contributed by atoms with Gasteiger partial charge in [-0.05, 0) is 54.6 Å². The third kappa shape index (κ3) is 4.01. The zero-order valence-corrected chi connectivity index (χ0v) is 16.5. The number of carbonyl (C=O) groups excluding carboxylic acids is 3. The molecule has 3 amide bonds. The highest BCUT2D eigenvalue weighted by atomic mass is 32.2. The Morgan fingerprint density at radius 3 is 2.35 bits per heavy atom. The van der Waals surface area contributed by atoms with Gasteiger partial charge in [-0.25, -0.2) is 12.8 Å². The Morgan fingerprint density at radius 2 is 1.61 bits per heavy atom. The van der Waals surface area contributed by atoms with E-state index in [1.807, 2.05) is 0 Å². The van der Waals surface area contributed by atoms with Crippen molar-refractivity contribution in [2.45, 2.75) is 4.90 Å². The lowest BCUT2D eigenvalue weighted by atomic mass is 10.1. The Hall–Kier alpha value is -4.05. The number of halogens is 1. The van der Waals surface area contributed by atoms with E-state index in [0.29, 0.717) is 0 Å². The van der Waals surface area contributed by atoms with Gasteiger partial charge in [-0.3, -0.25) is 24.4 Å². The van der Waals surface area contributed by atoms with Gasteiger partial charge in [0.1, 0.15) is 5.82 Å². The first kappa shape index (κ1) is 20.2. The van der Waals surface area contributed by atoms with Crippen LogP contribution in [0.3, 0.4) is 0 Å². The van der Waals surface area contributed by atoms with E-state index in [9.17, 15) is 27.2 Å². The minimum absolute atomic E-state index is 0.0639. The molecule has 3 aromatic carbocycles. The van der Waals surface area contributed by atoms with Crippen molar-refractivity contribution in [1.29, 1.82) is 0 Å². The monoisotopic (exact) mass is 439 g/mol. The van der Waals surface area contributed by atoms with E-state index in [0.717, 1.165) is 24.3 Å². The Morgan fingerprint density at radius 1 is 0.903 bits per heavy atom. The minimum atomic E-state index is -3.99. The van der Waals surface area contributed by atoms with Gasteiger partial charge >= 0.3 is 0 Å². The number of fused-ring (bicyclic) bond motifs is 1. The van der Waals surface area contributed by atoms with E-state index < -0.39 is 33.6 Å². The van der Waals surface area contributed by atoms with E-state index in [1.54, 1.807) is 0 Å². The second kappa shape index (κ2) is 7.65. The molecule has 4 rings (SSSR count). The van der Waals surface area contributed by atoms with E-state index >= 15 is 0 Å². The fourth-order valence-corrected chi connectivity index (χ4v) is 4.12. The maximum atomic E-state index is 13.0. The summed E-state index contributed by atoms with van der Waals surface area (Å²) in [6, 6.07) is 14.5. The molecule has 10 heteroatoms. The topological polar surface area (TPSA) is 121 Å². The highest BCUT2D eigenvalue weighted by Gasteiger charge is 2.29. The fourth-order valence-electron chi connectivity index (χ4n) is 3.07. The number of sulfonamides is 1. The lowest BCUT2D eigenvalue weighted by Gasteiger charge is -2.11. The van der Waals surface area contributed by atoms with Crippen LogP contribution in [0.25, 0.3) is 0 Å². The van der Waals surface area contributed by atoms with Crippen LogP contribution in [0.5, 0.6) is 0 Å². The maximum absolute atomic E-state index is 13.0. The number of nitrogens with one attached hydrogen (secondary N) is 3. The first-order valence-electron chi connectivity index (χ1n) is 8.93. The van der Waals surface area contributed by atoms with Crippen LogP contribution in [0.15, 0.2) is 71.6 Å². The number of rotatable bonds is 5. The Bertz CT molecular complexity index is 1340. The largest absolute Gasteiger partial charge is 0.321 e. The Labute approximate surface area is 176 Å². The molecule has 8 nitrogen and oxygen atoms in total. The quantitative estimate of drug-likeness (QED) is 0.528. The van der Waals surface area contributed by atoms with Crippen molar-refractivity contribution < 1.29 is 27.2 Å². The SMILES string of the molecule is O=C(Nc1cccc2c1C(=O)NC2=O)c1cccc(NS(=O)(=O)c2ccc(F)cc2)c1. The number of anilines is 2. The fraction of sp³-hybridized carbons (Fsp3) is 0. The highest BCUT2D eigenvalue weighted by molar-refractivity contribution is 7.92. The molecule has 1 heterocycles. The molecular formula is C21H14FN3O5S. The summed E-state index contributed by atoms with van der Waals surface area (Å²) in [6.45, 7) is 0. The van der Waals surface area contributed by atoms with Crippen molar-refractivity contribution in [2.75, 3.05) is 10.0 Å². The van der Waals surface area contributed by atoms with Crippen LogP contribution in [-0.4, -0.2) is 26.1 Å². The molecule has 0 atom stereocenters. The number of benzene rings is 3. The van der Waals surface area contributed by atoms with Gasteiger partial charge < -0.3 is 5.32 Å². The maximum Gasteiger partial charge on any atom is 0.261 e. The molecular weight excluding hydrogens is 425 g/mol. The number of hydrogen-bond acceptors (Lipinski definition) is 5. The minimum Gasteiger partial charge on any atom is -0.321 e. The van der Waals surface area contributed by atoms with E-state index in [4.69, 9.17) is 0 Å². The molecule has 0 aromatic heterocycles. The second-order valence-electron chi connectivity index (χ2n) is 6.61. The van der Waals surface area contributed by atoms with E-state index in [1.165, 1.54) is 42.5 Å². The molecule has 0 saturated heterocycles. The summed E-state index contributed by atoms with van der Waals surface area (Å²) in [7, 11) is -3.99. The molecule has 0 bridgehead atoms. The number of hydrogen-bond donors (Lipinski definition) is 3. The molecule has 1 aliphatic rings. The van der Waals surface area contributed by atoms with Gasteiger partial charge in [0, 0.05) is 11.3 Å². The zero-order chi connectivity index (χ0) is 22.2. The van der Waals surface area contributed by atoms with Crippen LogP contribution in [0, 0.1) is 5.82 Å². The first-order valence-corrected chi connectivity index (χ1v) is 10.4. The molecule has 0 saturated carbocycles. The molecule has 0 fully saturated rings. The summed E-state index contributed by atoms with van der Waals surface area (Å²) in [6.07, 6.45) is 0.